The molecule has 0 aromatic carbocycles. The summed E-state index contributed by atoms with van der Waals surface area (Å²) in [5.74, 6) is -2.76. The summed E-state index contributed by atoms with van der Waals surface area (Å²) in [6, 6.07) is 0. The highest BCUT2D eigenvalue weighted by Gasteiger charge is 2.38. The van der Waals surface area contributed by atoms with Crippen LogP contribution in [0.2, 0.25) is 0 Å². The van der Waals surface area contributed by atoms with Crippen molar-refractivity contribution in [1.29, 1.82) is 0 Å². The molecule has 2 rings (SSSR count). The molecule has 0 radical (unpaired) electrons. The van der Waals surface area contributed by atoms with E-state index in [-0.39, 0.29) is 0 Å². The van der Waals surface area contributed by atoms with E-state index in [1.807, 2.05) is 5.38 Å². The third-order valence-corrected chi connectivity index (χ3v) is 4.29. The summed E-state index contributed by atoms with van der Waals surface area (Å²) in [7, 11) is 0. The van der Waals surface area contributed by atoms with Gasteiger partial charge >= 0.3 is 12.1 Å². The molecule has 2 heterocycles. The fourth-order valence-corrected chi connectivity index (χ4v) is 2.93. The Morgan fingerprint density at radius 3 is 2.30 bits per heavy atom. The first-order chi connectivity index (χ1) is 9.15. The highest BCUT2D eigenvalue weighted by atomic mass is 79.9. The number of nitrogens with one attached hydrogen (secondary N) is 1. The van der Waals surface area contributed by atoms with Gasteiger partial charge in [-0.3, -0.25) is 0 Å². The molecule has 3 N–H and O–H groups in total. The van der Waals surface area contributed by atoms with Crippen molar-refractivity contribution >= 4 is 33.2 Å². The molecule has 1 aromatic rings. The van der Waals surface area contributed by atoms with Crippen LogP contribution in [0, 0.1) is 0 Å². The normalized spacial score (nSPS) is 18.1. The number of aromatic nitrogens is 1. The number of carbonyl (C=O) groups is 1. The third-order valence-electron chi connectivity index (χ3n) is 2.55. The van der Waals surface area contributed by atoms with E-state index < -0.39 is 17.7 Å². The van der Waals surface area contributed by atoms with E-state index in [1.165, 1.54) is 11.3 Å². The van der Waals surface area contributed by atoms with E-state index in [9.17, 15) is 18.3 Å². The molecule has 1 aromatic heterocycles. The fourth-order valence-electron chi connectivity index (χ4n) is 1.52. The lowest BCUT2D eigenvalue weighted by atomic mass is 9.93. The minimum absolute atomic E-state index is 0.693. The van der Waals surface area contributed by atoms with Gasteiger partial charge in [0.1, 0.15) is 15.2 Å². The zero-order valence-corrected chi connectivity index (χ0v) is 12.5. The predicted octanol–water partition coefficient (Wildman–Crippen LogP) is 2.11. The second-order valence-corrected chi connectivity index (χ2v) is 5.73. The molecule has 5 nitrogen and oxygen atoms in total. The molecular weight excluding hydrogens is 365 g/mol. The SMILES string of the molecule is O=C(O)C(F)(F)F.OC1(c2nc(Br)cs2)CCNCC1. The number of carboxylic acid groups (broad SMARTS) is 1. The Hall–Kier alpha value is -0.710. The lowest BCUT2D eigenvalue weighted by Crippen LogP contribution is -2.39. The molecule has 0 saturated carbocycles. The monoisotopic (exact) mass is 376 g/mol. The van der Waals surface area contributed by atoms with Crippen LogP contribution in [0.15, 0.2) is 9.98 Å². The zero-order chi connectivity index (χ0) is 15.4. The summed E-state index contributed by atoms with van der Waals surface area (Å²) in [6.45, 7) is 1.74. The average Bonchev–Trinajstić information content (AvgIpc) is 2.77. The number of halogens is 4. The smallest absolute Gasteiger partial charge is 0.475 e. The van der Waals surface area contributed by atoms with Gasteiger partial charge < -0.3 is 15.5 Å². The van der Waals surface area contributed by atoms with E-state index in [0.717, 1.165) is 35.5 Å². The van der Waals surface area contributed by atoms with Gasteiger partial charge in [0.05, 0.1) is 0 Å². The molecule has 1 fully saturated rings. The first-order valence-corrected chi connectivity index (χ1v) is 7.17. The highest BCUT2D eigenvalue weighted by molar-refractivity contribution is 9.10. The Kier molecular flexibility index (Phi) is 5.92. The van der Waals surface area contributed by atoms with E-state index in [1.54, 1.807) is 0 Å². The number of carboxylic acids is 1. The third kappa shape index (κ3) is 5.00. The summed E-state index contributed by atoms with van der Waals surface area (Å²) in [5, 5.41) is 23.3. The summed E-state index contributed by atoms with van der Waals surface area (Å²) < 4.78 is 32.6. The lowest BCUT2D eigenvalue weighted by molar-refractivity contribution is -0.192. The molecule has 114 valence electrons. The number of hydrogen-bond donors (Lipinski definition) is 3. The number of nitrogens with zero attached hydrogens (tertiary/aromatic N) is 1. The van der Waals surface area contributed by atoms with Gasteiger partial charge in [-0.25, -0.2) is 9.78 Å². The molecule has 0 unspecified atom stereocenters. The highest BCUT2D eigenvalue weighted by Crippen LogP contribution is 2.33. The Bertz CT molecular complexity index is 461. The maximum atomic E-state index is 10.6. The van der Waals surface area contributed by atoms with Crippen molar-refractivity contribution in [3.8, 4) is 0 Å². The first-order valence-electron chi connectivity index (χ1n) is 5.50. The lowest BCUT2D eigenvalue weighted by Gasteiger charge is -2.30. The summed E-state index contributed by atoms with van der Waals surface area (Å²) >= 11 is 4.81. The van der Waals surface area contributed by atoms with E-state index in [4.69, 9.17) is 9.90 Å². The van der Waals surface area contributed by atoms with Crippen LogP contribution >= 0.6 is 27.3 Å². The first kappa shape index (κ1) is 17.3. The Morgan fingerprint density at radius 2 is 1.95 bits per heavy atom. The van der Waals surface area contributed by atoms with Gasteiger partial charge in [-0.15, -0.1) is 11.3 Å². The van der Waals surface area contributed by atoms with Gasteiger partial charge in [-0.05, 0) is 41.9 Å². The molecule has 1 aliphatic heterocycles. The summed E-state index contributed by atoms with van der Waals surface area (Å²) in [6.07, 6.45) is -3.57. The number of rotatable bonds is 1. The number of aliphatic carboxylic acids is 1. The van der Waals surface area contributed by atoms with Crippen molar-refractivity contribution in [3.05, 3.63) is 15.0 Å². The average molecular weight is 377 g/mol. The predicted molar refractivity (Wildman–Crippen MR) is 69.5 cm³/mol. The molecule has 10 heteroatoms. The second-order valence-electron chi connectivity index (χ2n) is 4.06. The van der Waals surface area contributed by atoms with Gasteiger partial charge in [-0.2, -0.15) is 13.2 Å². The van der Waals surface area contributed by atoms with Crippen LogP contribution in [-0.4, -0.2) is 40.4 Å². The van der Waals surface area contributed by atoms with Crippen LogP contribution < -0.4 is 5.32 Å². The van der Waals surface area contributed by atoms with Crippen molar-refractivity contribution in [3.63, 3.8) is 0 Å². The van der Waals surface area contributed by atoms with E-state index in [0.29, 0.717) is 0 Å². The molecule has 0 bridgehead atoms. The largest absolute Gasteiger partial charge is 0.490 e. The minimum Gasteiger partial charge on any atom is -0.475 e. The molecule has 0 aliphatic carbocycles. The van der Waals surface area contributed by atoms with Crippen LogP contribution in [0.4, 0.5) is 13.2 Å². The standard InChI is InChI=1S/C8H11BrN2OS.C2HF3O2/c9-6-5-13-7(11-6)8(12)1-3-10-4-2-8;3-2(4,5)1(6)7/h5,10,12H,1-4H2;(H,6,7). The number of piperidine rings is 1. The summed E-state index contributed by atoms with van der Waals surface area (Å²) in [4.78, 5) is 13.2. The van der Waals surface area contributed by atoms with Crippen LogP contribution in [0.25, 0.3) is 0 Å². The Morgan fingerprint density at radius 1 is 1.45 bits per heavy atom. The van der Waals surface area contributed by atoms with Gasteiger partial charge in [-0.1, -0.05) is 0 Å². The number of thiazole rings is 1. The van der Waals surface area contributed by atoms with Gasteiger partial charge in [0.15, 0.2) is 0 Å². The van der Waals surface area contributed by atoms with Gasteiger partial charge in [0, 0.05) is 5.38 Å². The van der Waals surface area contributed by atoms with Crippen LogP contribution in [-0.2, 0) is 10.4 Å². The fraction of sp³-hybridized carbons (Fsp3) is 0.600. The Balaban J connectivity index is 0.000000246. The second kappa shape index (κ2) is 6.83. The van der Waals surface area contributed by atoms with Crippen molar-refractivity contribution < 1.29 is 28.2 Å². The minimum atomic E-state index is -5.08. The van der Waals surface area contributed by atoms with E-state index in [2.05, 4.69) is 26.2 Å². The molecule has 1 aliphatic rings. The van der Waals surface area contributed by atoms with Crippen LogP contribution in [0.5, 0.6) is 0 Å². The van der Waals surface area contributed by atoms with Gasteiger partial charge in [0.2, 0.25) is 0 Å². The summed E-state index contributed by atoms with van der Waals surface area (Å²) in [5.41, 5.74) is -0.693. The van der Waals surface area contributed by atoms with Crippen molar-refractivity contribution in [2.45, 2.75) is 24.6 Å². The van der Waals surface area contributed by atoms with Crippen LogP contribution in [0.3, 0.4) is 0 Å². The number of aliphatic hydroxyl groups is 1. The van der Waals surface area contributed by atoms with Crippen molar-refractivity contribution in [2.75, 3.05) is 13.1 Å². The maximum Gasteiger partial charge on any atom is 0.490 e. The Labute approximate surface area is 125 Å². The molecular formula is C10H12BrF3N2O3S. The van der Waals surface area contributed by atoms with Crippen molar-refractivity contribution in [2.24, 2.45) is 0 Å². The molecule has 20 heavy (non-hydrogen) atoms. The number of alkyl halides is 3. The van der Waals surface area contributed by atoms with Gasteiger partial charge in [0.25, 0.3) is 0 Å². The van der Waals surface area contributed by atoms with Crippen molar-refractivity contribution in [1.82, 2.24) is 10.3 Å². The molecule has 0 amide bonds. The molecule has 0 atom stereocenters. The maximum absolute atomic E-state index is 10.6. The molecule has 0 spiro atoms. The van der Waals surface area contributed by atoms with E-state index >= 15 is 0 Å². The molecule has 1 saturated heterocycles. The van der Waals surface area contributed by atoms with Crippen LogP contribution in [0.1, 0.15) is 17.8 Å². The topological polar surface area (TPSA) is 82.5 Å². The zero-order valence-electron chi connectivity index (χ0n) is 10.1. The quantitative estimate of drug-likeness (QED) is 0.699. The number of hydrogen-bond acceptors (Lipinski definition) is 5.